The maximum Gasteiger partial charge on any atom is 0.0975 e. The predicted octanol–water partition coefficient (Wildman–Crippen LogP) is 5.04. The van der Waals surface area contributed by atoms with Crippen LogP contribution in [0.15, 0.2) is 47.8 Å². The fraction of sp³-hybridized carbons (Fsp3) is 0. The van der Waals surface area contributed by atoms with E-state index in [1.807, 2.05) is 18.2 Å². The number of nitrogens with zero attached hydrogens (tertiary/aromatic N) is 3. The van der Waals surface area contributed by atoms with Gasteiger partial charge in [0.05, 0.1) is 33.0 Å². The fourth-order valence-corrected chi connectivity index (χ4v) is 2.84. The fourth-order valence-electron chi connectivity index (χ4n) is 1.93. The SMILES string of the molecule is Clc1cc(Cl)c(N/N=C\c2cccc3nccnc23)c(Cl)c1. The lowest BCUT2D eigenvalue weighted by Crippen LogP contribution is -1.94. The van der Waals surface area contributed by atoms with Gasteiger partial charge in [-0.1, -0.05) is 46.9 Å². The van der Waals surface area contributed by atoms with Gasteiger partial charge in [-0.05, 0) is 18.2 Å². The third-order valence-electron chi connectivity index (χ3n) is 2.92. The number of nitrogens with one attached hydrogen (secondary N) is 1. The topological polar surface area (TPSA) is 50.2 Å². The Morgan fingerprint density at radius 2 is 1.73 bits per heavy atom. The molecule has 0 amide bonds. The van der Waals surface area contributed by atoms with Crippen molar-refractivity contribution < 1.29 is 0 Å². The van der Waals surface area contributed by atoms with Gasteiger partial charge < -0.3 is 0 Å². The second kappa shape index (κ2) is 6.48. The highest BCUT2D eigenvalue weighted by Gasteiger charge is 2.06. The van der Waals surface area contributed by atoms with Gasteiger partial charge in [0.25, 0.3) is 0 Å². The molecule has 0 saturated heterocycles. The molecule has 0 radical (unpaired) electrons. The maximum atomic E-state index is 6.08. The van der Waals surface area contributed by atoms with E-state index in [4.69, 9.17) is 34.8 Å². The van der Waals surface area contributed by atoms with Crippen molar-refractivity contribution >= 4 is 57.7 Å². The molecule has 3 aromatic rings. The molecule has 0 unspecified atom stereocenters. The summed E-state index contributed by atoms with van der Waals surface area (Å²) in [5.41, 5.74) is 5.72. The molecule has 0 atom stereocenters. The Morgan fingerprint density at radius 1 is 1.00 bits per heavy atom. The van der Waals surface area contributed by atoms with Gasteiger partial charge in [0, 0.05) is 23.0 Å². The number of benzene rings is 2. The van der Waals surface area contributed by atoms with Crippen LogP contribution in [0, 0.1) is 0 Å². The lowest BCUT2D eigenvalue weighted by Gasteiger charge is -2.06. The van der Waals surface area contributed by atoms with Crippen molar-refractivity contribution in [1.29, 1.82) is 0 Å². The van der Waals surface area contributed by atoms with Crippen LogP contribution in [-0.4, -0.2) is 16.2 Å². The van der Waals surface area contributed by atoms with Crippen LogP contribution >= 0.6 is 34.8 Å². The molecule has 7 heteroatoms. The van der Waals surface area contributed by atoms with Crippen molar-refractivity contribution in [3.63, 3.8) is 0 Å². The number of aromatic nitrogens is 2. The quantitative estimate of drug-likeness (QED) is 0.531. The minimum atomic E-state index is 0.396. The number of anilines is 1. The van der Waals surface area contributed by atoms with Gasteiger partial charge >= 0.3 is 0 Å². The molecule has 0 fully saturated rings. The van der Waals surface area contributed by atoms with Crippen LogP contribution in [0.4, 0.5) is 5.69 Å². The number of halogens is 3. The van der Waals surface area contributed by atoms with Crippen molar-refractivity contribution in [2.45, 2.75) is 0 Å². The molecule has 2 aromatic carbocycles. The summed E-state index contributed by atoms with van der Waals surface area (Å²) >= 11 is 18.0. The Labute approximate surface area is 141 Å². The summed E-state index contributed by atoms with van der Waals surface area (Å²) in [6.45, 7) is 0. The summed E-state index contributed by atoms with van der Waals surface area (Å²) in [7, 11) is 0. The Bertz CT molecular complexity index is 836. The number of fused-ring (bicyclic) bond motifs is 1. The average Bonchev–Trinajstić information content (AvgIpc) is 2.50. The number of para-hydroxylation sites is 1. The highest BCUT2D eigenvalue weighted by Crippen LogP contribution is 2.33. The van der Waals surface area contributed by atoms with Crippen molar-refractivity contribution in [3.8, 4) is 0 Å². The molecular weight excluding hydrogens is 343 g/mol. The number of hydrogen-bond donors (Lipinski definition) is 1. The highest BCUT2D eigenvalue weighted by atomic mass is 35.5. The van der Waals surface area contributed by atoms with Crippen molar-refractivity contribution in [2.24, 2.45) is 5.10 Å². The van der Waals surface area contributed by atoms with E-state index in [1.165, 1.54) is 0 Å². The van der Waals surface area contributed by atoms with E-state index in [-0.39, 0.29) is 0 Å². The normalized spacial score (nSPS) is 11.2. The summed E-state index contributed by atoms with van der Waals surface area (Å²) in [5.74, 6) is 0. The van der Waals surface area contributed by atoms with Gasteiger partial charge in [-0.3, -0.25) is 15.4 Å². The third-order valence-corrected chi connectivity index (χ3v) is 3.73. The van der Waals surface area contributed by atoms with Crippen LogP contribution in [0.5, 0.6) is 0 Å². The smallest absolute Gasteiger partial charge is 0.0975 e. The predicted molar refractivity (Wildman–Crippen MR) is 92.2 cm³/mol. The first-order valence-corrected chi connectivity index (χ1v) is 7.42. The van der Waals surface area contributed by atoms with E-state index in [0.717, 1.165) is 16.6 Å². The van der Waals surface area contributed by atoms with E-state index in [1.54, 1.807) is 30.7 Å². The van der Waals surface area contributed by atoms with Gasteiger partial charge in [-0.15, -0.1) is 0 Å². The molecule has 1 heterocycles. The summed E-state index contributed by atoms with van der Waals surface area (Å²) < 4.78 is 0. The second-order valence-corrected chi connectivity index (χ2v) is 5.64. The molecule has 0 saturated carbocycles. The minimum Gasteiger partial charge on any atom is -0.275 e. The van der Waals surface area contributed by atoms with Gasteiger partial charge in [-0.2, -0.15) is 5.10 Å². The lowest BCUT2D eigenvalue weighted by molar-refractivity contribution is 1.29. The number of rotatable bonds is 3. The van der Waals surface area contributed by atoms with Gasteiger partial charge in [0.15, 0.2) is 0 Å². The van der Waals surface area contributed by atoms with E-state index in [9.17, 15) is 0 Å². The van der Waals surface area contributed by atoms with Crippen LogP contribution in [0.25, 0.3) is 11.0 Å². The van der Waals surface area contributed by atoms with E-state index in [0.29, 0.717) is 20.8 Å². The zero-order chi connectivity index (χ0) is 15.5. The molecule has 0 aliphatic carbocycles. The summed E-state index contributed by atoms with van der Waals surface area (Å²) in [4.78, 5) is 8.55. The van der Waals surface area contributed by atoms with Crippen LogP contribution in [0.3, 0.4) is 0 Å². The summed E-state index contributed by atoms with van der Waals surface area (Å²) in [6.07, 6.45) is 4.92. The average molecular weight is 352 g/mol. The maximum absolute atomic E-state index is 6.08. The van der Waals surface area contributed by atoms with Crippen molar-refractivity contribution in [1.82, 2.24) is 9.97 Å². The zero-order valence-corrected chi connectivity index (χ0v) is 13.4. The summed E-state index contributed by atoms with van der Waals surface area (Å²) in [5, 5.41) is 5.42. The molecule has 3 rings (SSSR count). The monoisotopic (exact) mass is 350 g/mol. The third kappa shape index (κ3) is 3.14. The molecule has 110 valence electrons. The largest absolute Gasteiger partial charge is 0.275 e. The summed E-state index contributed by atoms with van der Waals surface area (Å²) in [6, 6.07) is 8.86. The first-order valence-electron chi connectivity index (χ1n) is 6.28. The zero-order valence-electron chi connectivity index (χ0n) is 11.1. The van der Waals surface area contributed by atoms with E-state index < -0.39 is 0 Å². The van der Waals surface area contributed by atoms with Crippen LogP contribution in [0.1, 0.15) is 5.56 Å². The highest BCUT2D eigenvalue weighted by molar-refractivity contribution is 6.41. The molecule has 22 heavy (non-hydrogen) atoms. The minimum absolute atomic E-state index is 0.396. The molecular formula is C15H9Cl3N4. The number of hydrogen-bond acceptors (Lipinski definition) is 4. The Kier molecular flexibility index (Phi) is 4.43. The lowest BCUT2D eigenvalue weighted by atomic mass is 10.2. The Hall–Kier alpha value is -1.88. The van der Waals surface area contributed by atoms with E-state index >= 15 is 0 Å². The molecule has 1 aromatic heterocycles. The molecule has 0 aliphatic rings. The van der Waals surface area contributed by atoms with Gasteiger partial charge in [-0.25, -0.2) is 0 Å². The molecule has 0 bridgehead atoms. The molecule has 0 spiro atoms. The van der Waals surface area contributed by atoms with Crippen LogP contribution < -0.4 is 5.43 Å². The van der Waals surface area contributed by atoms with E-state index in [2.05, 4.69) is 20.5 Å². The first kappa shape index (κ1) is 15.0. The first-order chi connectivity index (χ1) is 10.6. The van der Waals surface area contributed by atoms with Crippen LogP contribution in [0.2, 0.25) is 15.1 Å². The van der Waals surface area contributed by atoms with Crippen molar-refractivity contribution in [3.05, 3.63) is 63.4 Å². The Morgan fingerprint density at radius 3 is 2.50 bits per heavy atom. The Balaban J connectivity index is 1.89. The van der Waals surface area contributed by atoms with Gasteiger partial charge in [0.1, 0.15) is 0 Å². The second-order valence-electron chi connectivity index (χ2n) is 4.39. The molecule has 0 aliphatic heterocycles. The standard InChI is InChI=1S/C15H9Cl3N4/c16-10-6-11(17)15(12(18)7-10)22-21-8-9-2-1-3-13-14(9)20-5-4-19-13/h1-8,22H/b21-8-. The van der Waals surface area contributed by atoms with Crippen LogP contribution in [-0.2, 0) is 0 Å². The molecule has 1 N–H and O–H groups in total. The van der Waals surface area contributed by atoms with Gasteiger partial charge in [0.2, 0.25) is 0 Å². The number of hydrazone groups is 1. The molecule has 4 nitrogen and oxygen atoms in total. The van der Waals surface area contributed by atoms with Crippen molar-refractivity contribution in [2.75, 3.05) is 5.43 Å².